The van der Waals surface area contributed by atoms with Crippen LogP contribution in [0.5, 0.6) is 5.75 Å². The molecule has 0 heterocycles. The van der Waals surface area contributed by atoms with Crippen molar-refractivity contribution in [1.82, 2.24) is 0 Å². The van der Waals surface area contributed by atoms with Crippen LogP contribution >= 0.6 is 0 Å². The molecule has 0 aromatic heterocycles. The van der Waals surface area contributed by atoms with Gasteiger partial charge >= 0.3 is 0 Å². The SMILES string of the molecule is CCC(N)c1ccccc1OCCC(C)(C)OC. The fourth-order valence-corrected chi connectivity index (χ4v) is 1.65. The van der Waals surface area contributed by atoms with Crippen LogP contribution < -0.4 is 10.5 Å². The number of hydrogen-bond acceptors (Lipinski definition) is 3. The molecule has 1 rings (SSSR count). The lowest BCUT2D eigenvalue weighted by atomic mass is 10.0. The molecule has 1 atom stereocenters. The zero-order valence-electron chi connectivity index (χ0n) is 11.9. The van der Waals surface area contributed by atoms with Gasteiger partial charge in [-0.2, -0.15) is 0 Å². The van der Waals surface area contributed by atoms with E-state index in [4.69, 9.17) is 15.2 Å². The third-order valence-electron chi connectivity index (χ3n) is 3.27. The lowest BCUT2D eigenvalue weighted by Gasteiger charge is -2.23. The van der Waals surface area contributed by atoms with Crippen LogP contribution in [0.25, 0.3) is 0 Å². The van der Waals surface area contributed by atoms with Gasteiger partial charge in [0.15, 0.2) is 0 Å². The highest BCUT2D eigenvalue weighted by Gasteiger charge is 2.17. The monoisotopic (exact) mass is 251 g/mol. The van der Waals surface area contributed by atoms with Crippen LogP contribution in [0, 0.1) is 0 Å². The third kappa shape index (κ3) is 4.31. The normalized spacial score (nSPS) is 13.4. The van der Waals surface area contributed by atoms with Crippen LogP contribution in [0.1, 0.15) is 45.2 Å². The van der Waals surface area contributed by atoms with Gasteiger partial charge in [0, 0.05) is 25.1 Å². The van der Waals surface area contributed by atoms with E-state index in [1.165, 1.54) is 0 Å². The van der Waals surface area contributed by atoms with Gasteiger partial charge in [-0.15, -0.1) is 0 Å². The fraction of sp³-hybridized carbons (Fsp3) is 0.600. The van der Waals surface area contributed by atoms with Crippen molar-refractivity contribution in [3.8, 4) is 5.75 Å². The van der Waals surface area contributed by atoms with Gasteiger partial charge in [0.1, 0.15) is 5.75 Å². The Labute approximate surface area is 110 Å². The Morgan fingerprint density at radius 3 is 2.56 bits per heavy atom. The van der Waals surface area contributed by atoms with Crippen molar-refractivity contribution in [3.63, 3.8) is 0 Å². The molecule has 102 valence electrons. The number of para-hydroxylation sites is 1. The van der Waals surface area contributed by atoms with Crippen molar-refractivity contribution >= 4 is 0 Å². The van der Waals surface area contributed by atoms with E-state index in [0.29, 0.717) is 6.61 Å². The molecule has 0 spiro atoms. The second-order valence-corrected chi connectivity index (χ2v) is 5.11. The lowest BCUT2D eigenvalue weighted by Crippen LogP contribution is -2.25. The summed E-state index contributed by atoms with van der Waals surface area (Å²) in [6.45, 7) is 6.82. The number of benzene rings is 1. The maximum atomic E-state index is 6.07. The molecular formula is C15H25NO2. The average Bonchev–Trinajstić information content (AvgIpc) is 2.38. The zero-order chi connectivity index (χ0) is 13.6. The highest BCUT2D eigenvalue weighted by Crippen LogP contribution is 2.26. The molecule has 2 N–H and O–H groups in total. The van der Waals surface area contributed by atoms with Crippen molar-refractivity contribution in [2.24, 2.45) is 5.73 Å². The summed E-state index contributed by atoms with van der Waals surface area (Å²) in [6.07, 6.45) is 1.75. The van der Waals surface area contributed by atoms with Crippen LogP contribution in [-0.4, -0.2) is 19.3 Å². The van der Waals surface area contributed by atoms with E-state index < -0.39 is 0 Å². The average molecular weight is 251 g/mol. The van der Waals surface area contributed by atoms with Crippen LogP contribution in [0.3, 0.4) is 0 Å². The minimum absolute atomic E-state index is 0.0386. The predicted molar refractivity (Wildman–Crippen MR) is 74.9 cm³/mol. The summed E-state index contributed by atoms with van der Waals surface area (Å²) in [7, 11) is 1.72. The van der Waals surface area contributed by atoms with Crippen LogP contribution in [0.2, 0.25) is 0 Å². The highest BCUT2D eigenvalue weighted by atomic mass is 16.5. The van der Waals surface area contributed by atoms with Crippen molar-refractivity contribution in [1.29, 1.82) is 0 Å². The minimum Gasteiger partial charge on any atom is -0.493 e. The summed E-state index contributed by atoms with van der Waals surface area (Å²) < 4.78 is 11.2. The molecule has 1 unspecified atom stereocenters. The topological polar surface area (TPSA) is 44.5 Å². The maximum Gasteiger partial charge on any atom is 0.124 e. The van der Waals surface area contributed by atoms with Gasteiger partial charge in [-0.3, -0.25) is 0 Å². The van der Waals surface area contributed by atoms with Gasteiger partial charge in [0.05, 0.1) is 12.2 Å². The maximum absolute atomic E-state index is 6.07. The Morgan fingerprint density at radius 2 is 1.94 bits per heavy atom. The Balaban J connectivity index is 2.62. The number of nitrogens with two attached hydrogens (primary N) is 1. The van der Waals surface area contributed by atoms with Crippen molar-refractivity contribution in [2.75, 3.05) is 13.7 Å². The molecule has 1 aromatic rings. The Kier molecular flexibility index (Phi) is 5.63. The predicted octanol–water partition coefficient (Wildman–Crippen LogP) is 3.29. The molecule has 0 amide bonds. The summed E-state index contributed by atoms with van der Waals surface area (Å²) in [6, 6.07) is 8.02. The van der Waals surface area contributed by atoms with E-state index in [1.807, 2.05) is 24.3 Å². The van der Waals surface area contributed by atoms with Crippen LogP contribution in [-0.2, 0) is 4.74 Å². The minimum atomic E-state index is -0.151. The third-order valence-corrected chi connectivity index (χ3v) is 3.27. The molecular weight excluding hydrogens is 226 g/mol. The first kappa shape index (κ1) is 15.0. The zero-order valence-corrected chi connectivity index (χ0v) is 11.9. The standard InChI is InChI=1S/C15H25NO2/c1-5-13(16)12-8-6-7-9-14(12)18-11-10-15(2,3)17-4/h6-9,13H,5,10-11,16H2,1-4H3. The smallest absolute Gasteiger partial charge is 0.124 e. The van der Waals surface area contributed by atoms with Gasteiger partial charge in [0.2, 0.25) is 0 Å². The van der Waals surface area contributed by atoms with E-state index in [2.05, 4.69) is 20.8 Å². The van der Waals surface area contributed by atoms with Crippen LogP contribution in [0.15, 0.2) is 24.3 Å². The molecule has 3 heteroatoms. The van der Waals surface area contributed by atoms with Gasteiger partial charge in [-0.25, -0.2) is 0 Å². The number of methoxy groups -OCH3 is 1. The van der Waals surface area contributed by atoms with E-state index in [0.717, 1.165) is 24.2 Å². The first-order valence-electron chi connectivity index (χ1n) is 6.52. The summed E-state index contributed by atoms with van der Waals surface area (Å²) in [5, 5.41) is 0. The molecule has 18 heavy (non-hydrogen) atoms. The summed E-state index contributed by atoms with van der Waals surface area (Å²) in [5.74, 6) is 0.888. The van der Waals surface area contributed by atoms with Crippen molar-refractivity contribution in [2.45, 2.75) is 45.3 Å². The molecule has 0 aliphatic carbocycles. The Hall–Kier alpha value is -1.06. The number of ether oxygens (including phenoxy) is 2. The fourth-order valence-electron chi connectivity index (χ4n) is 1.65. The molecule has 3 nitrogen and oxygen atoms in total. The summed E-state index contributed by atoms with van der Waals surface area (Å²) >= 11 is 0. The van der Waals surface area contributed by atoms with Crippen molar-refractivity contribution in [3.05, 3.63) is 29.8 Å². The van der Waals surface area contributed by atoms with E-state index >= 15 is 0 Å². The van der Waals surface area contributed by atoms with E-state index in [1.54, 1.807) is 7.11 Å². The first-order valence-corrected chi connectivity index (χ1v) is 6.52. The van der Waals surface area contributed by atoms with Gasteiger partial charge in [-0.1, -0.05) is 25.1 Å². The molecule has 0 saturated heterocycles. The molecule has 0 aliphatic heterocycles. The Bertz CT molecular complexity index is 363. The van der Waals surface area contributed by atoms with Gasteiger partial charge in [0.25, 0.3) is 0 Å². The molecule has 0 aliphatic rings. The second kappa shape index (κ2) is 6.76. The Morgan fingerprint density at radius 1 is 1.28 bits per heavy atom. The quantitative estimate of drug-likeness (QED) is 0.808. The summed E-state index contributed by atoms with van der Waals surface area (Å²) in [5.41, 5.74) is 7.00. The van der Waals surface area contributed by atoms with Gasteiger partial charge < -0.3 is 15.2 Å². The summed E-state index contributed by atoms with van der Waals surface area (Å²) in [4.78, 5) is 0. The number of hydrogen-bond donors (Lipinski definition) is 1. The highest BCUT2D eigenvalue weighted by molar-refractivity contribution is 5.35. The molecule has 0 fully saturated rings. The molecule has 1 aromatic carbocycles. The molecule has 0 bridgehead atoms. The molecule has 0 saturated carbocycles. The van der Waals surface area contributed by atoms with Crippen molar-refractivity contribution < 1.29 is 9.47 Å². The van der Waals surface area contributed by atoms with Crippen LogP contribution in [0.4, 0.5) is 0 Å². The van der Waals surface area contributed by atoms with E-state index in [-0.39, 0.29) is 11.6 Å². The molecule has 0 radical (unpaired) electrons. The van der Waals surface area contributed by atoms with E-state index in [9.17, 15) is 0 Å². The number of rotatable bonds is 7. The van der Waals surface area contributed by atoms with Gasteiger partial charge in [-0.05, 0) is 26.3 Å². The largest absolute Gasteiger partial charge is 0.493 e. The first-order chi connectivity index (χ1) is 8.50. The second-order valence-electron chi connectivity index (χ2n) is 5.11. The lowest BCUT2D eigenvalue weighted by molar-refractivity contribution is 0.00535.